The lowest BCUT2D eigenvalue weighted by Crippen LogP contribution is -2.62. The van der Waals surface area contributed by atoms with Gasteiger partial charge in [0.05, 0.1) is 50.3 Å². The summed E-state index contributed by atoms with van der Waals surface area (Å²) in [6.07, 6.45) is 3.30. The fourth-order valence-electron chi connectivity index (χ4n) is 16.3. The third-order valence-electron chi connectivity index (χ3n) is 23.7. The van der Waals surface area contributed by atoms with Crippen LogP contribution in [0.25, 0.3) is 21.8 Å². The summed E-state index contributed by atoms with van der Waals surface area (Å²) in [6, 6.07) is 9.59. The number of carbonyl (C=O) groups is 16. The summed E-state index contributed by atoms with van der Waals surface area (Å²) >= 11 is 0.795. The number of para-hydroxylation sites is 2. The van der Waals surface area contributed by atoms with Crippen LogP contribution in [0.1, 0.15) is 120 Å². The first-order valence-corrected chi connectivity index (χ1v) is 44.2. The van der Waals surface area contributed by atoms with Gasteiger partial charge >= 0.3 is 0 Å². The number of nitrogens with one attached hydrogen (secondary N) is 15. The van der Waals surface area contributed by atoms with E-state index in [4.69, 9.17) is 22.6 Å². The normalized spacial score (nSPS) is 26.5. The van der Waals surface area contributed by atoms with E-state index in [0.717, 1.165) is 26.5 Å². The third kappa shape index (κ3) is 25.4. The molecule has 4 fully saturated rings. The van der Waals surface area contributed by atoms with Crippen molar-refractivity contribution < 1.29 is 86.9 Å². The van der Waals surface area contributed by atoms with Gasteiger partial charge in [-0.15, -0.1) is 11.8 Å². The number of amides is 16. The number of carbonyl (C=O) groups excluding carboxylic acids is 16. The number of fused-ring (bicyclic) bond motifs is 3. The minimum atomic E-state index is -2.14. The summed E-state index contributed by atoms with van der Waals surface area (Å²) in [5, 5.41) is 62.3. The molecule has 6 aromatic rings. The van der Waals surface area contributed by atoms with Crippen LogP contribution in [0.4, 0.5) is 0 Å². The molecule has 2 aliphatic heterocycles. The number of aliphatic hydroxyl groups is 2. The van der Waals surface area contributed by atoms with Crippen LogP contribution in [0, 0.1) is 11.3 Å². The van der Waals surface area contributed by atoms with Crippen LogP contribution in [0.3, 0.4) is 0 Å². The number of aliphatic hydroxyl groups excluding tert-OH is 2. The van der Waals surface area contributed by atoms with Gasteiger partial charge in [0.2, 0.25) is 88.6 Å². The van der Waals surface area contributed by atoms with Crippen LogP contribution in [-0.4, -0.2) is 305 Å². The first kappa shape index (κ1) is 98.9. The fourth-order valence-corrected chi connectivity index (χ4v) is 17.1. The van der Waals surface area contributed by atoms with Crippen molar-refractivity contribution in [3.63, 3.8) is 0 Å². The molecule has 10 rings (SSSR count). The Morgan fingerprint density at radius 2 is 1.29 bits per heavy atom. The molecule has 700 valence electrons. The number of benzene rings is 3. The lowest BCUT2D eigenvalue weighted by atomic mass is 10.0. The molecule has 6 unspecified atom stereocenters. The van der Waals surface area contributed by atoms with Crippen LogP contribution in [0.15, 0.2) is 116 Å². The summed E-state index contributed by atoms with van der Waals surface area (Å²) < 4.78 is 0. The highest BCUT2D eigenvalue weighted by atomic mass is 32.2. The van der Waals surface area contributed by atoms with Gasteiger partial charge in [-0.25, -0.2) is 4.98 Å². The number of primary amides is 2. The Bertz CT molecular complexity index is 5200. The van der Waals surface area contributed by atoms with E-state index in [1.807, 2.05) is 6.92 Å². The zero-order valence-corrected chi connectivity index (χ0v) is 74.6. The van der Waals surface area contributed by atoms with Crippen molar-refractivity contribution in [2.24, 2.45) is 23.1 Å². The van der Waals surface area contributed by atoms with Gasteiger partial charge in [-0.1, -0.05) is 106 Å². The molecule has 23 N–H and O–H groups in total. The maximum Gasteiger partial charge on any atom is 0.268 e. The number of likely N-dealkylation sites (N-methyl/N-ethyl adjacent to an activating group) is 4. The van der Waals surface area contributed by atoms with Crippen LogP contribution < -0.4 is 75.7 Å². The Labute approximate surface area is 754 Å². The quantitative estimate of drug-likeness (QED) is 0.0154. The van der Waals surface area contributed by atoms with Crippen LogP contribution >= 0.6 is 11.8 Å². The van der Waals surface area contributed by atoms with Gasteiger partial charge in [0.1, 0.15) is 71.3 Å². The second-order valence-electron chi connectivity index (χ2n) is 33.9. The van der Waals surface area contributed by atoms with Crippen molar-refractivity contribution in [1.82, 2.24) is 103 Å². The highest BCUT2D eigenvalue weighted by Crippen LogP contribution is 2.53. The molecule has 42 nitrogen and oxygen atoms in total. The van der Waals surface area contributed by atoms with Crippen molar-refractivity contribution >= 4 is 134 Å². The van der Waals surface area contributed by atoms with E-state index in [1.165, 1.54) is 63.5 Å². The van der Waals surface area contributed by atoms with E-state index in [9.17, 15) is 67.7 Å². The Kier molecular flexibility index (Phi) is 33.9. The molecular weight excluding hydrogens is 1700 g/mol. The van der Waals surface area contributed by atoms with Crippen LogP contribution in [0.2, 0.25) is 0 Å². The minimum absolute atomic E-state index is 0.00633. The molecule has 0 radical (unpaired) electrons. The zero-order valence-electron chi connectivity index (χ0n) is 73.8. The predicted octanol–water partition coefficient (Wildman–Crippen LogP) is -3.32. The average molecular weight is 1820 g/mol. The molecule has 5 heterocycles. The van der Waals surface area contributed by atoms with Gasteiger partial charge in [0, 0.05) is 118 Å². The Balaban J connectivity index is 0.987. The predicted molar refractivity (Wildman–Crippen MR) is 477 cm³/mol. The molecule has 2 spiro atoms. The van der Waals surface area contributed by atoms with Gasteiger partial charge in [-0.05, 0) is 87.2 Å². The van der Waals surface area contributed by atoms with E-state index >= 15 is 19.2 Å². The van der Waals surface area contributed by atoms with E-state index < -0.39 is 227 Å². The molecule has 4 aliphatic rings. The average Bonchev–Trinajstić information content (AvgIpc) is 1.55. The summed E-state index contributed by atoms with van der Waals surface area (Å²) in [5.74, 6) is -17.0. The van der Waals surface area contributed by atoms with E-state index in [0.29, 0.717) is 57.0 Å². The Morgan fingerprint density at radius 3 is 1.91 bits per heavy atom. The molecule has 3 aromatic heterocycles. The number of nitrogens with two attached hydrogens (primary N) is 3. The second kappa shape index (κ2) is 44.6. The number of aromatic nitrogens is 4. The van der Waals surface area contributed by atoms with Gasteiger partial charge in [0.25, 0.3) is 5.91 Å². The molecule has 2 saturated carbocycles. The van der Waals surface area contributed by atoms with Gasteiger partial charge in [0.15, 0.2) is 5.96 Å². The minimum Gasteiger partial charge on any atom is -0.390 e. The monoisotopic (exact) mass is 1820 g/mol. The molecule has 16 amide bonds. The molecule has 43 heteroatoms. The molecule has 2 aliphatic carbocycles. The number of unbranched alkanes of at least 4 members (excludes halogenated alkanes) is 1. The number of hydrogen-bond donors (Lipinski definition) is 20. The van der Waals surface area contributed by atoms with Crippen molar-refractivity contribution in [3.8, 4) is 0 Å². The van der Waals surface area contributed by atoms with Crippen molar-refractivity contribution in [2.45, 2.75) is 195 Å². The first-order chi connectivity index (χ1) is 61.8. The second-order valence-corrected chi connectivity index (χ2v) is 34.9. The number of H-pyrrole nitrogens is 3. The molecule has 2 saturated heterocycles. The standard InChI is InChI=1S/C87H118N24O18S/c1-9-10-27-66-82(127)108(6)43-70(115)98-58(26-18-29-93-85(90)91)75(120)103-64(74(119)96-41-69(89)114)44-130-45-72(117)105-86(36-55(86)49-20-12-11-13-21-49)84(129)109(7)48(4)73(118)101-63(35-68(88)113)81(126)111-30-19-28-65(111)78(123)100-60(34-52-40-92-46-97-52)76(121)102-61(31-47(2)3)79(124)107(5)42-71(116)99-59(32-50-38-94-56-24-16-14-22-53(50)56)77(122)106-87(37-67(87)112)83(128)104-62(80(125)110(66)8)33-51-39-95-57-25-17-15-23-54(51)57/h11-17,20-26,38-40,46-48,55,59-67,82,94-95,112,127H,9-10,18-19,27-37,41-45H2,1-8H3,(H2,88,113)(H2,89,114)(H,92,97)(H,96,119)(H,98,115)(H,99,116)(H,100,123)(H,101,118)(H,102,121)(H,103,120)(H,104,128)(H,105,117)(H,106,122)(H4,90,91,93)/b58-26-/t48-,55?,59-,60-,61-,62-,63-,64?,65-,66-,67?,82?,86?,87?/m0/s1. The van der Waals surface area contributed by atoms with Crippen molar-refractivity contribution in [2.75, 3.05) is 72.4 Å². The number of guanidine groups is 1. The third-order valence-corrected chi connectivity index (χ3v) is 24.7. The largest absolute Gasteiger partial charge is 0.390 e. The van der Waals surface area contributed by atoms with E-state index in [2.05, 4.69) is 78.4 Å². The fraction of sp³-hybridized carbons (Fsp3) is 0.494. The smallest absolute Gasteiger partial charge is 0.268 e. The molecule has 0 bridgehead atoms. The summed E-state index contributed by atoms with van der Waals surface area (Å²) in [7, 11) is 5.33. The summed E-state index contributed by atoms with van der Waals surface area (Å²) in [6.45, 7) is 4.47. The highest BCUT2D eigenvalue weighted by Gasteiger charge is 2.64. The maximum absolute atomic E-state index is 15.6. The number of nitrogens with zero attached hydrogens (tertiary/aromatic N) is 6. The number of imidazole rings is 1. The van der Waals surface area contributed by atoms with Crippen molar-refractivity contribution in [1.29, 1.82) is 5.41 Å². The molecular formula is C87H118N24O18S. The molecule has 14 atom stereocenters. The maximum atomic E-state index is 15.6. The molecule has 3 aromatic carbocycles. The number of aromatic amines is 3. The zero-order chi connectivity index (χ0) is 94.6. The summed E-state index contributed by atoms with van der Waals surface area (Å²) in [5.41, 5.74) is 15.7. The van der Waals surface area contributed by atoms with E-state index in [1.54, 1.807) is 105 Å². The van der Waals surface area contributed by atoms with Gasteiger partial charge in [-0.3, -0.25) is 87.0 Å². The topological polar surface area (TPSA) is 624 Å². The number of hydrogen-bond acceptors (Lipinski definition) is 22. The Hall–Kier alpha value is -13.3. The molecule has 130 heavy (non-hydrogen) atoms. The van der Waals surface area contributed by atoms with E-state index in [-0.39, 0.29) is 83.2 Å². The Morgan fingerprint density at radius 1 is 0.662 bits per heavy atom. The highest BCUT2D eigenvalue weighted by molar-refractivity contribution is 8.00. The summed E-state index contributed by atoms with van der Waals surface area (Å²) in [4.78, 5) is 251. The number of rotatable bonds is 20. The number of thioether (sulfide) groups is 1. The van der Waals surface area contributed by atoms with Crippen LogP contribution in [0.5, 0.6) is 0 Å². The van der Waals surface area contributed by atoms with Gasteiger partial charge < -0.3 is 120 Å². The first-order valence-electron chi connectivity index (χ1n) is 43.1. The van der Waals surface area contributed by atoms with Crippen molar-refractivity contribution in [3.05, 3.63) is 138 Å². The lowest BCUT2D eigenvalue weighted by molar-refractivity contribution is -0.145. The SMILES string of the molecule is CCCC[C@H]1C(O)N(C)CC(=O)N/C(=C\CCNC(=N)N)C(=O)NC(C(=O)NCC(N)=O)CSCC(=O)NC2(CC2c2ccccc2)C(=O)N(C)[C@@H](C)C(=O)N[C@@H](CC(N)=O)C(=O)N2CCC[C@H]2C(=O)N[C@@H](Cc2cnc[nH]2)C(=O)N[C@@H](CC(C)C)C(=O)N(C)CC(=O)N[C@@H](Cc2c[nH]c3ccccc23)C(=O)NC2(CC2O)C(=O)N[C@@H](Cc2c[nH]c3ccccc23)C(=O)N1C. The van der Waals surface area contributed by atoms with Gasteiger partial charge in [-0.2, -0.15) is 0 Å². The lowest BCUT2D eigenvalue weighted by Gasteiger charge is -2.38. The van der Waals surface area contributed by atoms with Crippen LogP contribution in [-0.2, 0) is 96.0 Å².